The molecule has 1 atom stereocenters. The Morgan fingerprint density at radius 1 is 1.10 bits per heavy atom. The SMILES string of the molecule is CCCC(CNCC(C)C)Oc1ccc2c(c1)CCCC2. The van der Waals surface area contributed by atoms with Crippen LogP contribution in [0, 0.1) is 5.92 Å². The normalized spacial score (nSPS) is 15.8. The third-order valence-electron chi connectivity index (χ3n) is 4.16. The summed E-state index contributed by atoms with van der Waals surface area (Å²) in [7, 11) is 0. The average molecular weight is 289 g/mol. The third-order valence-corrected chi connectivity index (χ3v) is 4.16. The molecular weight excluding hydrogens is 258 g/mol. The molecule has 21 heavy (non-hydrogen) atoms. The van der Waals surface area contributed by atoms with Crippen LogP contribution in [-0.2, 0) is 12.8 Å². The van der Waals surface area contributed by atoms with Crippen molar-refractivity contribution in [3.8, 4) is 5.75 Å². The van der Waals surface area contributed by atoms with Crippen molar-refractivity contribution in [3.05, 3.63) is 29.3 Å². The first-order valence-corrected chi connectivity index (χ1v) is 8.68. The van der Waals surface area contributed by atoms with Crippen LogP contribution in [0.2, 0.25) is 0 Å². The van der Waals surface area contributed by atoms with Crippen molar-refractivity contribution in [3.63, 3.8) is 0 Å². The lowest BCUT2D eigenvalue weighted by Gasteiger charge is -2.22. The number of rotatable bonds is 8. The number of hydrogen-bond acceptors (Lipinski definition) is 2. The number of ether oxygens (including phenoxy) is 1. The minimum atomic E-state index is 0.287. The Bertz CT molecular complexity index is 428. The molecule has 0 aliphatic heterocycles. The highest BCUT2D eigenvalue weighted by molar-refractivity contribution is 5.37. The largest absolute Gasteiger partial charge is 0.489 e. The van der Waals surface area contributed by atoms with E-state index in [1.165, 1.54) is 43.2 Å². The molecule has 0 heterocycles. The fourth-order valence-electron chi connectivity index (χ4n) is 3.03. The van der Waals surface area contributed by atoms with Crippen LogP contribution < -0.4 is 10.1 Å². The molecule has 0 saturated carbocycles. The number of benzene rings is 1. The van der Waals surface area contributed by atoms with Gasteiger partial charge in [-0.2, -0.15) is 0 Å². The van der Waals surface area contributed by atoms with Crippen LogP contribution in [0.5, 0.6) is 5.75 Å². The van der Waals surface area contributed by atoms with E-state index in [0.29, 0.717) is 5.92 Å². The summed E-state index contributed by atoms with van der Waals surface area (Å²) in [5.41, 5.74) is 3.03. The van der Waals surface area contributed by atoms with E-state index in [0.717, 1.165) is 25.3 Å². The maximum atomic E-state index is 6.24. The van der Waals surface area contributed by atoms with Crippen molar-refractivity contribution in [2.45, 2.75) is 65.4 Å². The molecule has 1 N–H and O–H groups in total. The van der Waals surface area contributed by atoms with Crippen molar-refractivity contribution in [2.75, 3.05) is 13.1 Å². The molecule has 0 radical (unpaired) electrons. The van der Waals surface area contributed by atoms with Crippen molar-refractivity contribution in [2.24, 2.45) is 5.92 Å². The Balaban J connectivity index is 1.92. The van der Waals surface area contributed by atoms with Gasteiger partial charge in [0.25, 0.3) is 0 Å². The molecule has 0 aromatic heterocycles. The minimum absolute atomic E-state index is 0.287. The van der Waals surface area contributed by atoms with E-state index in [-0.39, 0.29) is 6.10 Å². The molecule has 2 heteroatoms. The summed E-state index contributed by atoms with van der Waals surface area (Å²) >= 11 is 0. The molecule has 1 aromatic carbocycles. The molecule has 2 rings (SSSR count). The van der Waals surface area contributed by atoms with Gasteiger partial charge in [0.15, 0.2) is 0 Å². The average Bonchev–Trinajstić information content (AvgIpc) is 2.47. The standard InChI is InChI=1S/C19H31NO/c1-4-7-19(14-20-13-15(2)3)21-18-11-10-16-8-5-6-9-17(16)12-18/h10-12,15,19-20H,4-9,13-14H2,1-3H3. The van der Waals surface area contributed by atoms with Gasteiger partial charge >= 0.3 is 0 Å². The van der Waals surface area contributed by atoms with Crippen LogP contribution in [0.1, 0.15) is 57.6 Å². The van der Waals surface area contributed by atoms with Gasteiger partial charge in [-0.05, 0) is 67.8 Å². The number of hydrogen-bond donors (Lipinski definition) is 1. The van der Waals surface area contributed by atoms with E-state index in [9.17, 15) is 0 Å². The first-order chi connectivity index (χ1) is 10.2. The van der Waals surface area contributed by atoms with E-state index >= 15 is 0 Å². The van der Waals surface area contributed by atoms with E-state index in [2.05, 4.69) is 44.3 Å². The van der Waals surface area contributed by atoms with Crippen LogP contribution in [0.25, 0.3) is 0 Å². The monoisotopic (exact) mass is 289 g/mol. The van der Waals surface area contributed by atoms with Gasteiger partial charge in [0.05, 0.1) is 0 Å². The van der Waals surface area contributed by atoms with Gasteiger partial charge in [-0.25, -0.2) is 0 Å². The second-order valence-electron chi connectivity index (χ2n) is 6.72. The van der Waals surface area contributed by atoms with Gasteiger partial charge in [0.1, 0.15) is 11.9 Å². The zero-order valence-corrected chi connectivity index (χ0v) is 14.0. The van der Waals surface area contributed by atoms with Gasteiger partial charge < -0.3 is 10.1 Å². The quantitative estimate of drug-likeness (QED) is 0.768. The van der Waals surface area contributed by atoms with E-state index in [1.807, 2.05) is 0 Å². The minimum Gasteiger partial charge on any atom is -0.489 e. The Kier molecular flexibility index (Phi) is 6.56. The first kappa shape index (κ1) is 16.4. The zero-order valence-electron chi connectivity index (χ0n) is 14.0. The summed E-state index contributed by atoms with van der Waals surface area (Å²) in [6, 6.07) is 6.71. The molecule has 0 spiro atoms. The number of aryl methyl sites for hydroxylation is 2. The molecule has 0 saturated heterocycles. The van der Waals surface area contributed by atoms with Crippen LogP contribution in [-0.4, -0.2) is 19.2 Å². The van der Waals surface area contributed by atoms with E-state index < -0.39 is 0 Å². The van der Waals surface area contributed by atoms with Gasteiger partial charge in [0.2, 0.25) is 0 Å². The summed E-state index contributed by atoms with van der Waals surface area (Å²) in [6.45, 7) is 8.72. The second-order valence-corrected chi connectivity index (χ2v) is 6.72. The lowest BCUT2D eigenvalue weighted by atomic mass is 9.92. The molecule has 1 aliphatic carbocycles. The van der Waals surface area contributed by atoms with Crippen LogP contribution in [0.15, 0.2) is 18.2 Å². The van der Waals surface area contributed by atoms with Gasteiger partial charge in [-0.1, -0.05) is 33.3 Å². The molecule has 2 nitrogen and oxygen atoms in total. The summed E-state index contributed by atoms with van der Waals surface area (Å²) in [4.78, 5) is 0. The van der Waals surface area contributed by atoms with Crippen LogP contribution in [0.3, 0.4) is 0 Å². The van der Waals surface area contributed by atoms with Crippen molar-refractivity contribution in [1.82, 2.24) is 5.32 Å². The Morgan fingerprint density at radius 3 is 2.57 bits per heavy atom. The Hall–Kier alpha value is -1.02. The van der Waals surface area contributed by atoms with Crippen LogP contribution in [0.4, 0.5) is 0 Å². The van der Waals surface area contributed by atoms with Gasteiger partial charge in [0, 0.05) is 6.54 Å². The Labute approximate surface area is 130 Å². The maximum absolute atomic E-state index is 6.24. The Morgan fingerprint density at radius 2 is 1.86 bits per heavy atom. The fourth-order valence-corrected chi connectivity index (χ4v) is 3.03. The molecule has 1 aliphatic rings. The van der Waals surface area contributed by atoms with E-state index in [4.69, 9.17) is 4.74 Å². The number of nitrogens with one attached hydrogen (secondary N) is 1. The predicted molar refractivity (Wildman–Crippen MR) is 90.1 cm³/mol. The molecule has 118 valence electrons. The van der Waals surface area contributed by atoms with Gasteiger partial charge in [-0.3, -0.25) is 0 Å². The molecule has 1 unspecified atom stereocenters. The highest BCUT2D eigenvalue weighted by Gasteiger charge is 2.13. The highest BCUT2D eigenvalue weighted by Crippen LogP contribution is 2.26. The fraction of sp³-hybridized carbons (Fsp3) is 0.684. The van der Waals surface area contributed by atoms with Crippen molar-refractivity contribution >= 4 is 0 Å². The topological polar surface area (TPSA) is 21.3 Å². The molecule has 1 aromatic rings. The lowest BCUT2D eigenvalue weighted by Crippen LogP contribution is -2.33. The number of fused-ring (bicyclic) bond motifs is 1. The lowest BCUT2D eigenvalue weighted by molar-refractivity contribution is 0.185. The maximum Gasteiger partial charge on any atom is 0.120 e. The second kappa shape index (κ2) is 8.43. The molecule has 0 bridgehead atoms. The third kappa shape index (κ3) is 5.35. The summed E-state index contributed by atoms with van der Waals surface area (Å²) in [6.07, 6.45) is 7.69. The van der Waals surface area contributed by atoms with E-state index in [1.54, 1.807) is 0 Å². The molecular formula is C19H31NO. The van der Waals surface area contributed by atoms with Crippen molar-refractivity contribution < 1.29 is 4.74 Å². The summed E-state index contributed by atoms with van der Waals surface area (Å²) in [5, 5.41) is 3.53. The van der Waals surface area contributed by atoms with Crippen LogP contribution >= 0.6 is 0 Å². The smallest absolute Gasteiger partial charge is 0.120 e. The van der Waals surface area contributed by atoms with Gasteiger partial charge in [-0.15, -0.1) is 0 Å². The van der Waals surface area contributed by atoms with Crippen molar-refractivity contribution in [1.29, 1.82) is 0 Å². The molecule has 0 fully saturated rings. The zero-order chi connectivity index (χ0) is 15.1. The summed E-state index contributed by atoms with van der Waals surface area (Å²) < 4.78 is 6.24. The first-order valence-electron chi connectivity index (χ1n) is 8.68. The predicted octanol–water partition coefficient (Wildman–Crippen LogP) is 4.36. The highest BCUT2D eigenvalue weighted by atomic mass is 16.5. The summed E-state index contributed by atoms with van der Waals surface area (Å²) in [5.74, 6) is 1.75. The molecule has 0 amide bonds.